The van der Waals surface area contributed by atoms with Crippen LogP contribution in [-0.2, 0) is 15.6 Å². The summed E-state index contributed by atoms with van der Waals surface area (Å²) >= 11 is 0. The number of carbonyl (C=O) groups excluding carboxylic acids is 1. The number of phenolic OH excluding ortho intramolecular Hbond substituents is 1. The van der Waals surface area contributed by atoms with Gasteiger partial charge in [0.15, 0.2) is 5.96 Å². The molecule has 1 amide bonds. The number of nitrogens with two attached hydrogens (primary N) is 2. The summed E-state index contributed by atoms with van der Waals surface area (Å²) in [6.45, 7) is 13.9. The molecule has 0 saturated carbocycles. The van der Waals surface area contributed by atoms with E-state index >= 15 is 0 Å². The fourth-order valence-electron chi connectivity index (χ4n) is 2.42. The summed E-state index contributed by atoms with van der Waals surface area (Å²) in [5, 5.41) is 10.7. The Bertz CT molecular complexity index is 596. The SMILES string of the molecule is CC(C(=O)N=C(N)N)c1cc(C(C)(C)C)c(O)c(C(C)(C)C)c1. The number of guanidine groups is 1. The van der Waals surface area contributed by atoms with Gasteiger partial charge in [-0.15, -0.1) is 0 Å². The van der Waals surface area contributed by atoms with E-state index in [-0.39, 0.29) is 22.5 Å². The first-order chi connectivity index (χ1) is 10.2. The van der Waals surface area contributed by atoms with Gasteiger partial charge >= 0.3 is 0 Å². The molecule has 128 valence electrons. The van der Waals surface area contributed by atoms with E-state index in [1.54, 1.807) is 6.92 Å². The molecule has 1 atom stereocenters. The van der Waals surface area contributed by atoms with Crippen molar-refractivity contribution in [3.63, 3.8) is 0 Å². The minimum Gasteiger partial charge on any atom is -0.507 e. The highest BCUT2D eigenvalue weighted by Crippen LogP contribution is 2.41. The molecule has 0 fully saturated rings. The summed E-state index contributed by atoms with van der Waals surface area (Å²) in [6, 6.07) is 3.74. The van der Waals surface area contributed by atoms with Crippen molar-refractivity contribution in [3.05, 3.63) is 28.8 Å². The summed E-state index contributed by atoms with van der Waals surface area (Å²) < 4.78 is 0. The molecule has 1 aromatic carbocycles. The van der Waals surface area contributed by atoms with Gasteiger partial charge < -0.3 is 16.6 Å². The van der Waals surface area contributed by atoms with Crippen molar-refractivity contribution in [2.24, 2.45) is 16.5 Å². The Morgan fingerprint density at radius 2 is 1.43 bits per heavy atom. The van der Waals surface area contributed by atoms with Gasteiger partial charge in [0, 0.05) is 0 Å². The molecular formula is C18H29N3O2. The van der Waals surface area contributed by atoms with Gasteiger partial charge in [-0.2, -0.15) is 4.99 Å². The number of aliphatic imine (C=N–C) groups is 1. The van der Waals surface area contributed by atoms with E-state index in [4.69, 9.17) is 11.5 Å². The highest BCUT2D eigenvalue weighted by atomic mass is 16.3. The van der Waals surface area contributed by atoms with E-state index in [1.807, 2.05) is 53.7 Å². The molecule has 1 aromatic rings. The molecule has 0 aromatic heterocycles. The molecule has 5 heteroatoms. The molecule has 5 nitrogen and oxygen atoms in total. The number of hydrogen-bond acceptors (Lipinski definition) is 2. The number of rotatable bonds is 2. The average Bonchev–Trinajstić information content (AvgIpc) is 2.34. The number of amides is 1. The zero-order valence-corrected chi connectivity index (χ0v) is 15.2. The first-order valence-corrected chi connectivity index (χ1v) is 7.76. The van der Waals surface area contributed by atoms with Crippen molar-refractivity contribution in [3.8, 4) is 5.75 Å². The smallest absolute Gasteiger partial charge is 0.256 e. The number of nitrogens with zero attached hydrogens (tertiary/aromatic N) is 1. The zero-order valence-electron chi connectivity index (χ0n) is 15.2. The van der Waals surface area contributed by atoms with Crippen LogP contribution in [0.15, 0.2) is 17.1 Å². The number of aromatic hydroxyl groups is 1. The molecule has 0 spiro atoms. The lowest BCUT2D eigenvalue weighted by molar-refractivity contribution is -0.118. The van der Waals surface area contributed by atoms with E-state index in [9.17, 15) is 9.90 Å². The summed E-state index contributed by atoms with van der Waals surface area (Å²) in [5.41, 5.74) is 12.5. The number of phenols is 1. The molecule has 0 saturated heterocycles. The third kappa shape index (κ3) is 4.47. The van der Waals surface area contributed by atoms with Crippen LogP contribution in [0, 0.1) is 0 Å². The molecule has 0 aliphatic carbocycles. The Labute approximate surface area is 138 Å². The Morgan fingerprint density at radius 3 is 1.74 bits per heavy atom. The van der Waals surface area contributed by atoms with Crippen molar-refractivity contribution in [2.75, 3.05) is 0 Å². The van der Waals surface area contributed by atoms with Crippen LogP contribution in [0.5, 0.6) is 5.75 Å². The second kappa shape index (κ2) is 6.22. The summed E-state index contributed by atoms with van der Waals surface area (Å²) in [5.74, 6) is -0.835. The quantitative estimate of drug-likeness (QED) is 0.576. The molecule has 1 unspecified atom stereocenters. The van der Waals surface area contributed by atoms with E-state index in [0.717, 1.165) is 16.7 Å². The van der Waals surface area contributed by atoms with Crippen LogP contribution < -0.4 is 11.5 Å². The highest BCUT2D eigenvalue weighted by molar-refractivity contribution is 5.94. The maximum absolute atomic E-state index is 12.2. The third-order valence-corrected chi connectivity index (χ3v) is 3.86. The fourth-order valence-corrected chi connectivity index (χ4v) is 2.42. The minimum absolute atomic E-state index is 0.243. The molecular weight excluding hydrogens is 290 g/mol. The van der Waals surface area contributed by atoms with Crippen LogP contribution in [0.25, 0.3) is 0 Å². The van der Waals surface area contributed by atoms with Crippen molar-refractivity contribution >= 4 is 11.9 Å². The van der Waals surface area contributed by atoms with E-state index < -0.39 is 11.8 Å². The van der Waals surface area contributed by atoms with Crippen LogP contribution in [0.4, 0.5) is 0 Å². The maximum Gasteiger partial charge on any atom is 0.256 e. The van der Waals surface area contributed by atoms with Gasteiger partial charge in [-0.1, -0.05) is 53.7 Å². The van der Waals surface area contributed by atoms with Gasteiger partial charge in [-0.25, -0.2) is 0 Å². The number of hydrogen-bond donors (Lipinski definition) is 3. The van der Waals surface area contributed by atoms with Crippen LogP contribution in [-0.4, -0.2) is 17.0 Å². The first-order valence-electron chi connectivity index (χ1n) is 7.76. The minimum atomic E-state index is -0.486. The average molecular weight is 319 g/mol. The monoisotopic (exact) mass is 319 g/mol. The molecule has 5 N–H and O–H groups in total. The van der Waals surface area contributed by atoms with Crippen molar-refractivity contribution in [2.45, 2.75) is 65.2 Å². The predicted molar refractivity (Wildman–Crippen MR) is 94.7 cm³/mol. The lowest BCUT2D eigenvalue weighted by atomic mass is 9.77. The molecule has 0 aliphatic rings. The summed E-state index contributed by atoms with van der Waals surface area (Å²) in [7, 11) is 0. The molecule has 23 heavy (non-hydrogen) atoms. The van der Waals surface area contributed by atoms with Gasteiger partial charge in [0.25, 0.3) is 5.91 Å². The second-order valence-corrected chi connectivity index (χ2v) is 8.06. The zero-order chi connectivity index (χ0) is 18.2. The molecule has 1 rings (SSSR count). The van der Waals surface area contributed by atoms with E-state index in [2.05, 4.69) is 4.99 Å². The lowest BCUT2D eigenvalue weighted by Crippen LogP contribution is -2.25. The van der Waals surface area contributed by atoms with Crippen molar-refractivity contribution in [1.29, 1.82) is 0 Å². The second-order valence-electron chi connectivity index (χ2n) is 8.06. The number of benzene rings is 1. The molecule has 0 radical (unpaired) electrons. The Balaban J connectivity index is 3.57. The van der Waals surface area contributed by atoms with Gasteiger partial charge in [-0.05, 0) is 34.4 Å². The Kier molecular flexibility index (Phi) is 5.14. The third-order valence-electron chi connectivity index (χ3n) is 3.86. The normalized spacial score (nSPS) is 13.5. The van der Waals surface area contributed by atoms with Crippen LogP contribution >= 0.6 is 0 Å². The molecule has 0 aliphatic heterocycles. The summed E-state index contributed by atoms with van der Waals surface area (Å²) in [4.78, 5) is 15.8. The maximum atomic E-state index is 12.2. The number of carbonyl (C=O) groups is 1. The lowest BCUT2D eigenvalue weighted by Gasteiger charge is -2.29. The Morgan fingerprint density at radius 1 is 1.04 bits per heavy atom. The van der Waals surface area contributed by atoms with E-state index in [0.29, 0.717) is 0 Å². The van der Waals surface area contributed by atoms with Gasteiger partial charge in [0.1, 0.15) is 5.75 Å². The standard InChI is InChI=1S/C18H29N3O2/c1-10(15(23)21-16(19)20)11-8-12(17(2,3)4)14(22)13(9-11)18(5,6)7/h8-10,22H,1-7H3,(H4,19,20,21,23). The topological polar surface area (TPSA) is 102 Å². The van der Waals surface area contributed by atoms with Crippen LogP contribution in [0.2, 0.25) is 0 Å². The van der Waals surface area contributed by atoms with Crippen molar-refractivity contribution in [1.82, 2.24) is 0 Å². The molecule has 0 bridgehead atoms. The fraction of sp³-hybridized carbons (Fsp3) is 0.556. The van der Waals surface area contributed by atoms with Gasteiger partial charge in [-0.3, -0.25) is 4.79 Å². The van der Waals surface area contributed by atoms with Gasteiger partial charge in [0.2, 0.25) is 0 Å². The summed E-state index contributed by atoms with van der Waals surface area (Å²) in [6.07, 6.45) is 0. The molecule has 0 heterocycles. The van der Waals surface area contributed by atoms with Crippen LogP contribution in [0.1, 0.15) is 71.1 Å². The van der Waals surface area contributed by atoms with Gasteiger partial charge in [0.05, 0.1) is 5.92 Å². The highest BCUT2D eigenvalue weighted by Gasteiger charge is 2.28. The Hall–Kier alpha value is -2.04. The van der Waals surface area contributed by atoms with E-state index in [1.165, 1.54) is 0 Å². The van der Waals surface area contributed by atoms with Crippen LogP contribution in [0.3, 0.4) is 0 Å². The largest absolute Gasteiger partial charge is 0.507 e. The predicted octanol–water partition coefficient (Wildman–Crippen LogP) is 2.89. The van der Waals surface area contributed by atoms with Crippen molar-refractivity contribution < 1.29 is 9.90 Å². The first kappa shape index (κ1) is 19.0.